The number of esters is 3. The number of hydrogen-bond donors (Lipinski definition) is 0. The Morgan fingerprint density at radius 1 is 0.294 bits per heavy atom. The molecule has 1 atom stereocenters. The van der Waals surface area contributed by atoms with Crippen molar-refractivity contribution in [3.63, 3.8) is 0 Å². The van der Waals surface area contributed by atoms with Gasteiger partial charge in [0, 0.05) is 19.3 Å². The number of carbonyl (C=O) groups is 3. The van der Waals surface area contributed by atoms with Crippen LogP contribution in [-0.2, 0) is 28.6 Å². The highest BCUT2D eigenvalue weighted by Gasteiger charge is 2.19. The van der Waals surface area contributed by atoms with Gasteiger partial charge in [0.1, 0.15) is 13.2 Å². The highest BCUT2D eigenvalue weighted by Crippen LogP contribution is 2.17. The van der Waals surface area contributed by atoms with Crippen molar-refractivity contribution >= 4 is 17.9 Å². The third-order valence-corrected chi connectivity index (χ3v) is 13.4. The second kappa shape index (κ2) is 57.2. The summed E-state index contributed by atoms with van der Waals surface area (Å²) in [5.41, 5.74) is 0. The van der Waals surface area contributed by atoms with Gasteiger partial charge in [-0.05, 0) is 70.6 Å². The molecule has 0 spiro atoms. The zero-order valence-corrected chi connectivity index (χ0v) is 45.6. The van der Waals surface area contributed by atoms with Crippen LogP contribution in [0.3, 0.4) is 0 Å². The van der Waals surface area contributed by atoms with Crippen LogP contribution in [0.4, 0.5) is 0 Å². The molecular weight excluding hydrogens is 841 g/mol. The first-order chi connectivity index (χ1) is 33.5. The third-order valence-electron chi connectivity index (χ3n) is 13.4. The monoisotopic (exact) mass is 955 g/mol. The molecule has 0 amide bonds. The highest BCUT2D eigenvalue weighted by atomic mass is 16.6. The minimum absolute atomic E-state index is 0.0740. The fourth-order valence-corrected chi connectivity index (χ4v) is 8.81. The average molecular weight is 956 g/mol. The van der Waals surface area contributed by atoms with E-state index in [1.807, 2.05) is 0 Å². The molecule has 0 radical (unpaired) electrons. The van der Waals surface area contributed by atoms with Gasteiger partial charge in [0.2, 0.25) is 0 Å². The lowest BCUT2D eigenvalue weighted by atomic mass is 10.0. The van der Waals surface area contributed by atoms with E-state index in [1.54, 1.807) is 0 Å². The Hall–Kier alpha value is -2.37. The van der Waals surface area contributed by atoms with Gasteiger partial charge in [-0.15, -0.1) is 0 Å². The van der Waals surface area contributed by atoms with Crippen LogP contribution < -0.4 is 0 Å². The van der Waals surface area contributed by atoms with E-state index in [1.165, 1.54) is 205 Å². The maximum atomic E-state index is 12.9. The van der Waals surface area contributed by atoms with E-state index >= 15 is 0 Å². The molecule has 0 heterocycles. The van der Waals surface area contributed by atoms with Gasteiger partial charge in [-0.25, -0.2) is 0 Å². The maximum Gasteiger partial charge on any atom is 0.306 e. The van der Waals surface area contributed by atoms with E-state index in [4.69, 9.17) is 14.2 Å². The summed E-state index contributed by atoms with van der Waals surface area (Å²) in [7, 11) is 0. The summed E-state index contributed by atoms with van der Waals surface area (Å²) in [6.07, 6.45) is 68.5. The Morgan fingerprint density at radius 3 is 0.868 bits per heavy atom. The zero-order valence-electron chi connectivity index (χ0n) is 45.6. The molecule has 398 valence electrons. The Morgan fingerprint density at radius 2 is 0.544 bits per heavy atom. The van der Waals surface area contributed by atoms with Gasteiger partial charge < -0.3 is 14.2 Å². The largest absolute Gasteiger partial charge is 0.462 e. The van der Waals surface area contributed by atoms with Gasteiger partial charge in [0.25, 0.3) is 0 Å². The van der Waals surface area contributed by atoms with E-state index < -0.39 is 6.10 Å². The Bertz CT molecular complexity index is 1140. The molecule has 0 aliphatic heterocycles. The van der Waals surface area contributed by atoms with Crippen LogP contribution >= 0.6 is 0 Å². The highest BCUT2D eigenvalue weighted by molar-refractivity contribution is 5.71. The zero-order chi connectivity index (χ0) is 49.3. The van der Waals surface area contributed by atoms with E-state index in [2.05, 4.69) is 57.2 Å². The number of unbranched alkanes of at least 4 members (excludes halogenated alkanes) is 38. The van der Waals surface area contributed by atoms with Gasteiger partial charge in [0.15, 0.2) is 6.10 Å². The summed E-state index contributed by atoms with van der Waals surface area (Å²) >= 11 is 0. The standard InChI is InChI=1S/C62H114O6/c1-4-7-10-13-16-19-22-25-28-30-31-33-34-37-40-43-46-49-52-55-61(64)67-58-59(57-66-60(63)54-51-48-45-42-39-36-27-24-21-18-15-12-9-6-3)68-62(65)56-53-50-47-44-41-38-35-32-29-26-23-20-17-14-11-8-5-2/h15,18,24-25,27-28,59H,4-14,16-17,19-23,26,29-58H2,1-3H3/b18-15+,27-24+,28-25+/t59-/m1/s1. The van der Waals surface area contributed by atoms with Crippen molar-refractivity contribution in [3.8, 4) is 0 Å². The number of rotatable bonds is 55. The Kier molecular flexibility index (Phi) is 55.2. The fraction of sp³-hybridized carbons (Fsp3) is 0.855. The van der Waals surface area contributed by atoms with Crippen molar-refractivity contribution in [2.45, 2.75) is 329 Å². The maximum absolute atomic E-state index is 12.9. The molecule has 0 bridgehead atoms. The Balaban J connectivity index is 4.33. The van der Waals surface area contributed by atoms with Crippen molar-refractivity contribution in [1.82, 2.24) is 0 Å². The van der Waals surface area contributed by atoms with Crippen LogP contribution in [0.5, 0.6) is 0 Å². The molecule has 0 unspecified atom stereocenters. The van der Waals surface area contributed by atoms with Crippen molar-refractivity contribution < 1.29 is 28.6 Å². The predicted molar refractivity (Wildman–Crippen MR) is 293 cm³/mol. The number of hydrogen-bond acceptors (Lipinski definition) is 6. The molecule has 0 rings (SSSR count). The average Bonchev–Trinajstić information content (AvgIpc) is 3.34. The number of allylic oxidation sites excluding steroid dienone is 6. The van der Waals surface area contributed by atoms with E-state index in [-0.39, 0.29) is 31.1 Å². The van der Waals surface area contributed by atoms with Crippen LogP contribution in [-0.4, -0.2) is 37.2 Å². The molecule has 68 heavy (non-hydrogen) atoms. The first-order valence-electron chi connectivity index (χ1n) is 30.0. The molecular formula is C62H114O6. The summed E-state index contributed by atoms with van der Waals surface area (Å²) in [5.74, 6) is -0.870. The summed E-state index contributed by atoms with van der Waals surface area (Å²) < 4.78 is 16.9. The lowest BCUT2D eigenvalue weighted by Crippen LogP contribution is -2.30. The van der Waals surface area contributed by atoms with E-state index in [0.29, 0.717) is 19.3 Å². The summed E-state index contributed by atoms with van der Waals surface area (Å²) in [5, 5.41) is 0. The molecule has 0 aromatic rings. The van der Waals surface area contributed by atoms with Gasteiger partial charge in [-0.3, -0.25) is 14.4 Å². The molecule has 0 fully saturated rings. The predicted octanol–water partition coefficient (Wildman–Crippen LogP) is 20.0. The number of ether oxygens (including phenoxy) is 3. The SMILES string of the molecule is CCCC/C=C/C/C=C/CCCCCCCC(=O)OC[C@H](COC(=O)CCCCCCCCCCC/C=C/CCCCCCCC)OC(=O)CCCCCCCCCCCCCCCCCCC. The van der Waals surface area contributed by atoms with Crippen molar-refractivity contribution in [2.24, 2.45) is 0 Å². The summed E-state index contributed by atoms with van der Waals surface area (Å²) in [6, 6.07) is 0. The normalized spacial score (nSPS) is 12.2. The van der Waals surface area contributed by atoms with Gasteiger partial charge >= 0.3 is 17.9 Å². The molecule has 0 aromatic carbocycles. The molecule has 0 saturated carbocycles. The quantitative estimate of drug-likeness (QED) is 0.0262. The lowest BCUT2D eigenvalue weighted by Gasteiger charge is -2.18. The smallest absolute Gasteiger partial charge is 0.306 e. The first kappa shape index (κ1) is 65.6. The van der Waals surface area contributed by atoms with Crippen LogP contribution in [0, 0.1) is 0 Å². The third kappa shape index (κ3) is 54.6. The van der Waals surface area contributed by atoms with Crippen molar-refractivity contribution in [3.05, 3.63) is 36.5 Å². The van der Waals surface area contributed by atoms with Crippen LogP contribution in [0.15, 0.2) is 36.5 Å². The van der Waals surface area contributed by atoms with Crippen molar-refractivity contribution in [2.75, 3.05) is 13.2 Å². The fourth-order valence-electron chi connectivity index (χ4n) is 8.81. The minimum Gasteiger partial charge on any atom is -0.462 e. The van der Waals surface area contributed by atoms with Crippen molar-refractivity contribution in [1.29, 1.82) is 0 Å². The van der Waals surface area contributed by atoms with Crippen LogP contribution in [0.1, 0.15) is 323 Å². The van der Waals surface area contributed by atoms with Crippen LogP contribution in [0.2, 0.25) is 0 Å². The molecule has 6 nitrogen and oxygen atoms in total. The second-order valence-electron chi connectivity index (χ2n) is 20.3. The van der Waals surface area contributed by atoms with E-state index in [9.17, 15) is 14.4 Å². The topological polar surface area (TPSA) is 78.9 Å². The molecule has 0 aromatic heterocycles. The molecule has 0 aliphatic rings. The van der Waals surface area contributed by atoms with Gasteiger partial charge in [-0.2, -0.15) is 0 Å². The molecule has 0 N–H and O–H groups in total. The summed E-state index contributed by atoms with van der Waals surface area (Å²) in [6.45, 7) is 6.63. The number of carbonyl (C=O) groups excluding carboxylic acids is 3. The van der Waals surface area contributed by atoms with Crippen LogP contribution in [0.25, 0.3) is 0 Å². The Labute approximate surface area is 423 Å². The van der Waals surface area contributed by atoms with Gasteiger partial charge in [-0.1, -0.05) is 269 Å². The molecule has 0 saturated heterocycles. The molecule has 0 aliphatic carbocycles. The second-order valence-corrected chi connectivity index (χ2v) is 20.3. The first-order valence-corrected chi connectivity index (χ1v) is 30.0. The molecule has 6 heteroatoms. The van der Waals surface area contributed by atoms with E-state index in [0.717, 1.165) is 77.0 Å². The summed E-state index contributed by atoms with van der Waals surface area (Å²) in [4.78, 5) is 38.2. The minimum atomic E-state index is -0.776. The van der Waals surface area contributed by atoms with Gasteiger partial charge in [0.05, 0.1) is 0 Å². The lowest BCUT2D eigenvalue weighted by molar-refractivity contribution is -0.167.